The molecular weight excluding hydrogens is 260 g/mol. The van der Waals surface area contributed by atoms with E-state index in [1.165, 1.54) is 0 Å². The first-order valence-electron chi connectivity index (χ1n) is 6.49. The lowest BCUT2D eigenvalue weighted by Gasteiger charge is -2.35. The highest BCUT2D eigenvalue weighted by Gasteiger charge is 2.28. The molecule has 0 aliphatic heterocycles. The van der Waals surface area contributed by atoms with Crippen molar-refractivity contribution in [3.05, 3.63) is 11.4 Å². The largest absolute Gasteiger partial charge is 0.393 e. The zero-order valence-electron chi connectivity index (χ0n) is 11.1. The van der Waals surface area contributed by atoms with E-state index in [9.17, 15) is 5.11 Å². The number of hydrogen-bond acceptors (Lipinski definition) is 6. The predicted octanol–water partition coefficient (Wildman–Crippen LogP) is 1.94. The summed E-state index contributed by atoms with van der Waals surface area (Å²) in [6.45, 7) is 0.933. The van der Waals surface area contributed by atoms with Gasteiger partial charge >= 0.3 is 0 Å². The Morgan fingerprint density at radius 2 is 2.26 bits per heavy atom. The molecule has 0 aromatic carbocycles. The molecular formula is C13H18N4OS. The maximum absolute atomic E-state index is 9.37. The molecule has 1 aliphatic rings. The van der Waals surface area contributed by atoms with Crippen molar-refractivity contribution in [1.29, 1.82) is 0 Å². The minimum absolute atomic E-state index is 0.0992. The van der Waals surface area contributed by atoms with Gasteiger partial charge < -0.3 is 15.3 Å². The average Bonchev–Trinajstić information content (AvgIpc) is 2.83. The molecule has 0 amide bonds. The number of aromatic nitrogens is 2. The Labute approximate surface area is 116 Å². The fourth-order valence-corrected chi connectivity index (χ4v) is 3.32. The normalized spacial score (nSPS) is 22.3. The molecule has 2 N–H and O–H groups in total. The monoisotopic (exact) mass is 278 g/mol. The van der Waals surface area contributed by atoms with Gasteiger partial charge in [-0.05, 0) is 30.2 Å². The number of nitrogens with zero attached hydrogens (tertiary/aromatic N) is 3. The van der Waals surface area contributed by atoms with E-state index >= 15 is 0 Å². The highest BCUT2D eigenvalue weighted by Crippen LogP contribution is 2.32. The van der Waals surface area contributed by atoms with E-state index in [2.05, 4.69) is 33.3 Å². The fourth-order valence-electron chi connectivity index (χ4n) is 2.57. The van der Waals surface area contributed by atoms with Crippen LogP contribution in [0.2, 0.25) is 0 Å². The zero-order valence-corrected chi connectivity index (χ0v) is 11.9. The molecule has 2 aromatic rings. The fraction of sp³-hybridized carbons (Fsp3) is 0.538. The van der Waals surface area contributed by atoms with Crippen molar-refractivity contribution in [2.24, 2.45) is 5.92 Å². The lowest BCUT2D eigenvalue weighted by atomic mass is 9.82. The summed E-state index contributed by atoms with van der Waals surface area (Å²) in [5.74, 6) is 2.20. The van der Waals surface area contributed by atoms with E-state index in [1.54, 1.807) is 11.3 Å². The van der Waals surface area contributed by atoms with Crippen molar-refractivity contribution in [1.82, 2.24) is 9.97 Å². The number of nitrogens with one attached hydrogen (secondary N) is 1. The molecule has 5 nitrogen and oxygen atoms in total. The third-order valence-electron chi connectivity index (χ3n) is 3.63. The molecule has 1 fully saturated rings. The van der Waals surface area contributed by atoms with Gasteiger partial charge in [0.1, 0.15) is 10.6 Å². The second kappa shape index (κ2) is 4.94. The Morgan fingerprint density at radius 1 is 1.47 bits per heavy atom. The summed E-state index contributed by atoms with van der Waals surface area (Å²) in [5, 5.41) is 15.5. The summed E-state index contributed by atoms with van der Waals surface area (Å²) in [6.07, 6.45) is 1.71. The van der Waals surface area contributed by atoms with E-state index in [4.69, 9.17) is 0 Å². The van der Waals surface area contributed by atoms with Gasteiger partial charge in [0.2, 0.25) is 5.95 Å². The molecule has 0 bridgehead atoms. The molecule has 1 saturated carbocycles. The smallest absolute Gasteiger partial charge is 0.225 e. The lowest BCUT2D eigenvalue weighted by Crippen LogP contribution is -2.37. The molecule has 102 valence electrons. The van der Waals surface area contributed by atoms with Gasteiger partial charge in [0.25, 0.3) is 0 Å². The molecule has 3 rings (SSSR count). The molecule has 2 heterocycles. The van der Waals surface area contributed by atoms with Crippen LogP contribution in [-0.2, 0) is 0 Å². The highest BCUT2D eigenvalue weighted by molar-refractivity contribution is 7.16. The number of hydrogen-bond donors (Lipinski definition) is 2. The van der Waals surface area contributed by atoms with Gasteiger partial charge in [-0.15, -0.1) is 11.3 Å². The second-order valence-electron chi connectivity index (χ2n) is 5.13. The first kappa shape index (κ1) is 12.6. The van der Waals surface area contributed by atoms with Crippen LogP contribution >= 0.6 is 11.3 Å². The van der Waals surface area contributed by atoms with Crippen LogP contribution in [0.5, 0.6) is 0 Å². The van der Waals surface area contributed by atoms with Gasteiger partial charge in [-0.1, -0.05) is 0 Å². The highest BCUT2D eigenvalue weighted by atomic mass is 32.1. The molecule has 0 atom stereocenters. The topological polar surface area (TPSA) is 61.3 Å². The van der Waals surface area contributed by atoms with Gasteiger partial charge in [0, 0.05) is 20.6 Å². The number of aliphatic hydroxyl groups excluding tert-OH is 1. The zero-order chi connectivity index (χ0) is 13.4. The van der Waals surface area contributed by atoms with Gasteiger partial charge in [0.05, 0.1) is 11.5 Å². The predicted molar refractivity (Wildman–Crippen MR) is 79.0 cm³/mol. The maximum atomic E-state index is 9.37. The molecule has 19 heavy (non-hydrogen) atoms. The minimum Gasteiger partial charge on any atom is -0.393 e. The van der Waals surface area contributed by atoms with Crippen LogP contribution in [0.4, 0.5) is 11.8 Å². The average molecular weight is 278 g/mol. The van der Waals surface area contributed by atoms with Crippen molar-refractivity contribution < 1.29 is 5.11 Å². The Bertz CT molecular complexity index is 579. The van der Waals surface area contributed by atoms with Crippen LogP contribution in [0.1, 0.15) is 12.8 Å². The Balaban J connectivity index is 1.87. The molecule has 0 spiro atoms. The molecule has 2 aromatic heterocycles. The van der Waals surface area contributed by atoms with Crippen molar-refractivity contribution in [2.75, 3.05) is 30.9 Å². The van der Waals surface area contributed by atoms with Crippen LogP contribution in [0.3, 0.4) is 0 Å². The van der Waals surface area contributed by atoms with E-state index in [0.717, 1.165) is 35.4 Å². The SMILES string of the molecule is CNc1nc(N(C)CC2CC(O)C2)c2ccsc2n1. The van der Waals surface area contributed by atoms with Gasteiger partial charge in [0.15, 0.2) is 0 Å². The minimum atomic E-state index is -0.0992. The number of thiophene rings is 1. The molecule has 0 radical (unpaired) electrons. The van der Waals surface area contributed by atoms with Crippen molar-refractivity contribution in [3.8, 4) is 0 Å². The Morgan fingerprint density at radius 3 is 2.95 bits per heavy atom. The second-order valence-corrected chi connectivity index (χ2v) is 6.03. The lowest BCUT2D eigenvalue weighted by molar-refractivity contribution is 0.0464. The molecule has 0 saturated heterocycles. The van der Waals surface area contributed by atoms with Crippen LogP contribution in [0.25, 0.3) is 10.2 Å². The first-order valence-corrected chi connectivity index (χ1v) is 7.37. The van der Waals surface area contributed by atoms with Crippen LogP contribution in [0, 0.1) is 5.92 Å². The van der Waals surface area contributed by atoms with Crippen LogP contribution < -0.4 is 10.2 Å². The van der Waals surface area contributed by atoms with Crippen molar-refractivity contribution >= 4 is 33.3 Å². The standard InChI is InChI=1S/C13H18N4OS/c1-14-13-15-11(10-3-4-19-12(10)16-13)17(2)7-8-5-9(18)6-8/h3-4,8-9,18H,5-7H2,1-2H3,(H,14,15,16). The summed E-state index contributed by atoms with van der Waals surface area (Å²) < 4.78 is 0. The number of rotatable bonds is 4. The van der Waals surface area contributed by atoms with E-state index in [0.29, 0.717) is 11.9 Å². The third kappa shape index (κ3) is 2.37. The summed E-state index contributed by atoms with van der Waals surface area (Å²) in [7, 11) is 3.89. The van der Waals surface area contributed by atoms with E-state index < -0.39 is 0 Å². The van der Waals surface area contributed by atoms with E-state index in [-0.39, 0.29) is 6.10 Å². The van der Waals surface area contributed by atoms with Gasteiger partial charge in [-0.2, -0.15) is 4.98 Å². The Kier molecular flexibility index (Phi) is 3.28. The van der Waals surface area contributed by atoms with Gasteiger partial charge in [-0.3, -0.25) is 0 Å². The van der Waals surface area contributed by atoms with Gasteiger partial charge in [-0.25, -0.2) is 4.98 Å². The molecule has 6 heteroatoms. The summed E-state index contributed by atoms with van der Waals surface area (Å²) in [6, 6.07) is 2.07. The number of fused-ring (bicyclic) bond motifs is 1. The summed E-state index contributed by atoms with van der Waals surface area (Å²) in [5.41, 5.74) is 0. The third-order valence-corrected chi connectivity index (χ3v) is 4.44. The molecule has 1 aliphatic carbocycles. The van der Waals surface area contributed by atoms with E-state index in [1.807, 2.05) is 12.4 Å². The van der Waals surface area contributed by atoms with Crippen LogP contribution in [0.15, 0.2) is 11.4 Å². The summed E-state index contributed by atoms with van der Waals surface area (Å²) >= 11 is 1.63. The number of anilines is 2. The van der Waals surface area contributed by atoms with Crippen molar-refractivity contribution in [2.45, 2.75) is 18.9 Å². The first-order chi connectivity index (χ1) is 9.17. The number of aliphatic hydroxyl groups is 1. The molecule has 0 unspecified atom stereocenters. The summed E-state index contributed by atoms with van der Waals surface area (Å²) in [4.78, 5) is 12.2. The maximum Gasteiger partial charge on any atom is 0.225 e. The van der Waals surface area contributed by atoms with Crippen molar-refractivity contribution in [3.63, 3.8) is 0 Å². The Hall–Kier alpha value is -1.40. The van der Waals surface area contributed by atoms with Crippen LogP contribution in [-0.4, -0.2) is 41.8 Å². The quantitative estimate of drug-likeness (QED) is 0.895.